The number of hydrogen-bond donors (Lipinski definition) is 0. The van der Waals surface area contributed by atoms with Crippen molar-refractivity contribution in [1.82, 2.24) is 4.98 Å². The molecule has 0 unspecified atom stereocenters. The molecule has 0 saturated carbocycles. The molecule has 3 rings (SSSR count). The number of nitrogens with zero attached hydrogens (tertiary/aromatic N) is 1. The number of para-hydroxylation sites is 1. The first kappa shape index (κ1) is 14.3. The van der Waals surface area contributed by atoms with Gasteiger partial charge in [0.1, 0.15) is 16.8 Å². The van der Waals surface area contributed by atoms with Crippen molar-refractivity contribution in [1.29, 1.82) is 0 Å². The van der Waals surface area contributed by atoms with E-state index in [-0.39, 0.29) is 0 Å². The van der Waals surface area contributed by atoms with Gasteiger partial charge in [-0.2, -0.15) is 0 Å². The van der Waals surface area contributed by atoms with E-state index in [0.29, 0.717) is 15.8 Å². The molecule has 0 radical (unpaired) electrons. The predicted octanol–water partition coefficient (Wildman–Crippen LogP) is 5.46. The van der Waals surface area contributed by atoms with E-state index >= 15 is 0 Å². The molecular weight excluding hydrogens is 312 g/mol. The maximum absolute atomic E-state index is 13.6. The van der Waals surface area contributed by atoms with Crippen LogP contribution < -0.4 is 0 Å². The number of benzene rings is 2. The largest absolute Gasteiger partial charge is 0.236 e. The van der Waals surface area contributed by atoms with E-state index in [1.54, 1.807) is 0 Å². The molecule has 0 amide bonds. The van der Waals surface area contributed by atoms with Crippen LogP contribution in [0.5, 0.6) is 0 Å². The topological polar surface area (TPSA) is 12.9 Å². The van der Waals surface area contributed by atoms with Crippen LogP contribution in [0.4, 0.5) is 8.78 Å². The van der Waals surface area contributed by atoms with E-state index in [9.17, 15) is 8.78 Å². The van der Waals surface area contributed by atoms with Crippen molar-refractivity contribution in [2.45, 2.75) is 10.6 Å². The number of fused-ring (bicyclic) bond motifs is 1. The Labute approximate surface area is 130 Å². The molecule has 1 nitrogen and oxygen atoms in total. The summed E-state index contributed by atoms with van der Waals surface area (Å²) in [6.07, 6.45) is 0. The van der Waals surface area contributed by atoms with Crippen molar-refractivity contribution in [2.24, 2.45) is 0 Å². The minimum Gasteiger partial charge on any atom is -0.236 e. The summed E-state index contributed by atoms with van der Waals surface area (Å²) in [7, 11) is 0. The number of halogens is 3. The van der Waals surface area contributed by atoms with Gasteiger partial charge < -0.3 is 0 Å². The van der Waals surface area contributed by atoms with E-state index in [0.717, 1.165) is 22.5 Å². The van der Waals surface area contributed by atoms with Gasteiger partial charge in [-0.05, 0) is 24.3 Å². The van der Waals surface area contributed by atoms with Gasteiger partial charge in [0.25, 0.3) is 0 Å². The number of rotatable bonds is 3. The first-order valence-electron chi connectivity index (χ1n) is 6.25. The van der Waals surface area contributed by atoms with Crippen molar-refractivity contribution >= 4 is 34.3 Å². The second-order valence-electron chi connectivity index (χ2n) is 4.49. The molecule has 1 aromatic heterocycles. The molecule has 0 bridgehead atoms. The molecule has 0 aliphatic carbocycles. The molecule has 0 aliphatic rings. The lowest BCUT2D eigenvalue weighted by atomic mass is 10.2. The number of thioether (sulfide) groups is 1. The Morgan fingerprint density at radius 3 is 2.67 bits per heavy atom. The maximum atomic E-state index is 13.6. The summed E-state index contributed by atoms with van der Waals surface area (Å²) in [4.78, 5) is 4.71. The van der Waals surface area contributed by atoms with Gasteiger partial charge in [0.05, 0.1) is 5.52 Å². The lowest BCUT2D eigenvalue weighted by Crippen LogP contribution is -1.90. The molecule has 1 heterocycles. The highest BCUT2D eigenvalue weighted by Crippen LogP contribution is 2.29. The van der Waals surface area contributed by atoms with Gasteiger partial charge in [-0.1, -0.05) is 29.8 Å². The van der Waals surface area contributed by atoms with Gasteiger partial charge in [-0.3, -0.25) is 0 Å². The van der Waals surface area contributed by atoms with Crippen molar-refractivity contribution in [3.05, 3.63) is 70.9 Å². The molecule has 0 saturated heterocycles. The van der Waals surface area contributed by atoms with E-state index in [2.05, 4.69) is 4.98 Å². The third-order valence-electron chi connectivity index (χ3n) is 3.03. The zero-order valence-electron chi connectivity index (χ0n) is 10.8. The molecule has 2 aromatic carbocycles. The fourth-order valence-corrected chi connectivity index (χ4v) is 3.17. The maximum Gasteiger partial charge on any atom is 0.139 e. The van der Waals surface area contributed by atoms with Gasteiger partial charge >= 0.3 is 0 Å². The molecule has 3 aromatic rings. The summed E-state index contributed by atoms with van der Waals surface area (Å²) in [5.41, 5.74) is 1.65. The Morgan fingerprint density at radius 1 is 1.05 bits per heavy atom. The van der Waals surface area contributed by atoms with Crippen LogP contribution in [0.1, 0.15) is 5.56 Å². The Bertz CT molecular complexity index is 807. The molecule has 0 spiro atoms. The summed E-state index contributed by atoms with van der Waals surface area (Å²) in [5.74, 6) is -0.675. The minimum absolute atomic E-state index is 0.389. The Kier molecular flexibility index (Phi) is 4.08. The minimum atomic E-state index is -0.581. The normalized spacial score (nSPS) is 11.0. The summed E-state index contributed by atoms with van der Waals surface area (Å²) in [5, 5.41) is 1.39. The third-order valence-corrected chi connectivity index (χ3v) is 4.45. The fourth-order valence-electron chi connectivity index (χ4n) is 1.99. The molecule has 0 aliphatic heterocycles. The second kappa shape index (κ2) is 6.00. The van der Waals surface area contributed by atoms with Crippen LogP contribution in [0.2, 0.25) is 5.15 Å². The lowest BCUT2D eigenvalue weighted by molar-refractivity contribution is 0.565. The monoisotopic (exact) mass is 321 g/mol. The molecule has 106 valence electrons. The van der Waals surface area contributed by atoms with E-state index in [1.807, 2.05) is 30.3 Å². The average Bonchev–Trinajstić information content (AvgIpc) is 2.46. The molecule has 0 N–H and O–H groups in total. The van der Waals surface area contributed by atoms with Gasteiger partial charge in [0.15, 0.2) is 0 Å². The molecule has 5 heteroatoms. The zero-order valence-corrected chi connectivity index (χ0v) is 12.4. The van der Waals surface area contributed by atoms with Crippen molar-refractivity contribution in [3.63, 3.8) is 0 Å². The van der Waals surface area contributed by atoms with Crippen LogP contribution in [0, 0.1) is 11.6 Å². The second-order valence-corrected chi connectivity index (χ2v) is 5.87. The van der Waals surface area contributed by atoms with Crippen molar-refractivity contribution in [3.8, 4) is 0 Å². The number of pyridine rings is 1. The van der Waals surface area contributed by atoms with E-state index in [4.69, 9.17) is 11.6 Å². The van der Waals surface area contributed by atoms with Crippen LogP contribution in [0.3, 0.4) is 0 Å². The van der Waals surface area contributed by atoms with E-state index < -0.39 is 11.6 Å². The summed E-state index contributed by atoms with van der Waals surface area (Å²) < 4.78 is 26.5. The van der Waals surface area contributed by atoms with Crippen molar-refractivity contribution in [2.75, 3.05) is 0 Å². The van der Waals surface area contributed by atoms with Gasteiger partial charge in [0, 0.05) is 27.7 Å². The van der Waals surface area contributed by atoms with E-state index in [1.165, 1.54) is 23.9 Å². The van der Waals surface area contributed by atoms with Gasteiger partial charge in [-0.15, -0.1) is 11.8 Å². The molecule has 0 fully saturated rings. The van der Waals surface area contributed by atoms with Crippen LogP contribution in [-0.4, -0.2) is 4.98 Å². The van der Waals surface area contributed by atoms with Gasteiger partial charge in [-0.25, -0.2) is 13.8 Å². The lowest BCUT2D eigenvalue weighted by Gasteiger charge is -2.07. The van der Waals surface area contributed by atoms with Gasteiger partial charge in [0.2, 0.25) is 0 Å². The third kappa shape index (κ3) is 3.17. The summed E-state index contributed by atoms with van der Waals surface area (Å²) in [6.45, 7) is 0. The highest BCUT2D eigenvalue weighted by molar-refractivity contribution is 7.98. The first-order valence-corrected chi connectivity index (χ1v) is 7.62. The predicted molar refractivity (Wildman–Crippen MR) is 82.7 cm³/mol. The smallest absolute Gasteiger partial charge is 0.139 e. The first-order chi connectivity index (χ1) is 10.1. The van der Waals surface area contributed by atoms with Crippen LogP contribution >= 0.6 is 23.4 Å². The summed E-state index contributed by atoms with van der Waals surface area (Å²) >= 11 is 7.42. The number of aromatic nitrogens is 1. The highest BCUT2D eigenvalue weighted by Gasteiger charge is 2.08. The average molecular weight is 322 g/mol. The highest BCUT2D eigenvalue weighted by atomic mass is 35.5. The molecule has 0 atom stereocenters. The molecule has 21 heavy (non-hydrogen) atoms. The zero-order chi connectivity index (χ0) is 14.8. The summed E-state index contributed by atoms with van der Waals surface area (Å²) in [6, 6.07) is 13.1. The van der Waals surface area contributed by atoms with Crippen LogP contribution in [0.15, 0.2) is 53.4 Å². The fraction of sp³-hybridized carbons (Fsp3) is 0.0625. The Balaban J connectivity index is 1.86. The van der Waals surface area contributed by atoms with Crippen molar-refractivity contribution < 1.29 is 8.78 Å². The van der Waals surface area contributed by atoms with Crippen LogP contribution in [-0.2, 0) is 5.75 Å². The Morgan fingerprint density at radius 2 is 1.86 bits per heavy atom. The van der Waals surface area contributed by atoms with Crippen LogP contribution in [0.25, 0.3) is 10.9 Å². The molecular formula is C16H10ClF2NS. The Hall–Kier alpha value is -1.65. The standard InChI is InChI=1S/C16H10ClF2NS/c17-16-11(7-10-3-1-2-4-14(10)20-16)9-21-15-6-5-12(18)8-13(15)19/h1-8H,9H2. The number of hydrogen-bond acceptors (Lipinski definition) is 2. The SMILES string of the molecule is Fc1ccc(SCc2cc3ccccc3nc2Cl)c(F)c1. The quantitative estimate of drug-likeness (QED) is 0.469.